The molecule has 0 fully saturated rings. The van der Waals surface area contributed by atoms with Gasteiger partial charge in [-0.05, 0) is 23.4 Å². The number of esters is 1. The summed E-state index contributed by atoms with van der Waals surface area (Å²) >= 11 is 0. The smallest absolute Gasteiger partial charge is 0.335 e. The highest BCUT2D eigenvalue weighted by molar-refractivity contribution is 5.93. The van der Waals surface area contributed by atoms with E-state index in [1.807, 2.05) is 24.3 Å². The molecule has 0 aliphatic rings. The summed E-state index contributed by atoms with van der Waals surface area (Å²) in [6, 6.07) is 11.4. The Balaban J connectivity index is 2.21. The molecule has 0 saturated heterocycles. The van der Waals surface area contributed by atoms with Crippen LogP contribution in [-0.2, 0) is 23.0 Å². The monoisotopic (exact) mass is 353 g/mol. The van der Waals surface area contributed by atoms with Gasteiger partial charge in [-0.3, -0.25) is 9.59 Å². The van der Waals surface area contributed by atoms with E-state index in [1.54, 1.807) is 19.2 Å². The maximum Gasteiger partial charge on any atom is 0.335 e. The van der Waals surface area contributed by atoms with E-state index < -0.39 is 23.3 Å². The van der Waals surface area contributed by atoms with E-state index in [1.165, 1.54) is 23.9 Å². The Labute approximate surface area is 149 Å². The van der Waals surface area contributed by atoms with Crippen molar-refractivity contribution in [3.05, 3.63) is 75.1 Å². The maximum atomic E-state index is 12.5. The van der Waals surface area contributed by atoms with Crippen molar-refractivity contribution >= 4 is 16.7 Å². The van der Waals surface area contributed by atoms with Crippen molar-refractivity contribution < 1.29 is 9.53 Å². The largest absolute Gasteiger partial charge is 0.468 e. The molecule has 0 unspecified atom stereocenters. The van der Waals surface area contributed by atoms with E-state index in [9.17, 15) is 14.4 Å². The molecule has 2 aromatic carbocycles. The predicted molar refractivity (Wildman–Crippen MR) is 98.5 cm³/mol. The van der Waals surface area contributed by atoms with Gasteiger partial charge >= 0.3 is 11.7 Å². The number of rotatable bonds is 4. The molecule has 3 rings (SSSR count). The molecule has 0 saturated carbocycles. The Hall–Kier alpha value is -3.19. The zero-order chi connectivity index (χ0) is 18.8. The average molecular weight is 353 g/mol. The summed E-state index contributed by atoms with van der Waals surface area (Å²) in [5.74, 6) is -0.494. The Kier molecular flexibility index (Phi) is 4.73. The van der Waals surface area contributed by atoms with Crippen LogP contribution in [0.25, 0.3) is 16.5 Å². The summed E-state index contributed by atoms with van der Waals surface area (Å²) in [6.07, 6.45) is 1.72. The van der Waals surface area contributed by atoms with E-state index >= 15 is 0 Å². The normalized spacial score (nSPS) is 12.1. The molecule has 0 spiro atoms. The Morgan fingerprint density at radius 1 is 1.12 bits per heavy atom. The number of nitrogens with zero attached hydrogens (tertiary/aromatic N) is 2. The van der Waals surface area contributed by atoms with Crippen molar-refractivity contribution in [1.82, 2.24) is 9.13 Å². The van der Waals surface area contributed by atoms with Gasteiger partial charge in [0.25, 0.3) is 5.56 Å². The van der Waals surface area contributed by atoms with Gasteiger partial charge in [0.15, 0.2) is 0 Å². The van der Waals surface area contributed by atoms with Gasteiger partial charge in [0.1, 0.15) is 6.04 Å². The first kappa shape index (κ1) is 17.6. The Morgan fingerprint density at radius 2 is 1.81 bits per heavy atom. The topological polar surface area (TPSA) is 96.3 Å². The van der Waals surface area contributed by atoms with E-state index in [2.05, 4.69) is 4.74 Å². The second-order valence-electron chi connectivity index (χ2n) is 6.01. The molecule has 7 heteroatoms. The molecule has 134 valence electrons. The van der Waals surface area contributed by atoms with Crippen molar-refractivity contribution in [2.75, 3.05) is 7.11 Å². The molecular weight excluding hydrogens is 334 g/mol. The van der Waals surface area contributed by atoms with Gasteiger partial charge in [0.05, 0.1) is 12.8 Å². The summed E-state index contributed by atoms with van der Waals surface area (Å²) in [5, 5.41) is 1.55. The second-order valence-corrected chi connectivity index (χ2v) is 6.01. The van der Waals surface area contributed by atoms with Gasteiger partial charge in [-0.2, -0.15) is 0 Å². The third-order valence-electron chi connectivity index (χ3n) is 4.33. The molecular formula is C19H19N3O4. The molecule has 2 N–H and O–H groups in total. The standard InChI is InChI=1S/C19H19N3O4/c1-21-10-9-17(23)22(19(21)25)16-8-4-6-13-12(5-3-7-14(13)16)11-15(20)18(24)26-2/h3-10,15H,11,20H2,1-2H3/t15-/m0/s1. The summed E-state index contributed by atoms with van der Waals surface area (Å²) in [7, 11) is 2.88. The molecule has 1 aromatic heterocycles. The number of hydrogen-bond acceptors (Lipinski definition) is 5. The highest BCUT2D eigenvalue weighted by Gasteiger charge is 2.17. The summed E-state index contributed by atoms with van der Waals surface area (Å²) in [5.41, 5.74) is 6.37. The molecule has 1 heterocycles. The quantitative estimate of drug-likeness (QED) is 0.698. The first-order chi connectivity index (χ1) is 12.4. The SMILES string of the molecule is COC(=O)[C@@H](N)Cc1cccc2c(-n3c(=O)ccn(C)c3=O)cccc12. The lowest BCUT2D eigenvalue weighted by atomic mass is 9.98. The molecule has 1 atom stereocenters. The van der Waals surface area contributed by atoms with Crippen LogP contribution in [0, 0.1) is 0 Å². The first-order valence-corrected chi connectivity index (χ1v) is 8.07. The lowest BCUT2D eigenvalue weighted by molar-refractivity contribution is -0.142. The number of ether oxygens (including phenoxy) is 1. The van der Waals surface area contributed by atoms with Crippen LogP contribution in [0.5, 0.6) is 0 Å². The van der Waals surface area contributed by atoms with E-state index in [0.29, 0.717) is 5.69 Å². The fraction of sp³-hybridized carbons (Fsp3) is 0.211. The van der Waals surface area contributed by atoms with Gasteiger partial charge in [-0.1, -0.05) is 30.3 Å². The molecule has 3 aromatic rings. The van der Waals surface area contributed by atoms with E-state index in [-0.39, 0.29) is 6.42 Å². The Morgan fingerprint density at radius 3 is 2.54 bits per heavy atom. The number of carbonyl (C=O) groups is 1. The predicted octanol–water partition coefficient (Wildman–Crippen LogP) is 0.732. The van der Waals surface area contributed by atoms with Crippen LogP contribution in [0.15, 0.2) is 58.3 Å². The zero-order valence-electron chi connectivity index (χ0n) is 14.5. The molecule has 26 heavy (non-hydrogen) atoms. The summed E-state index contributed by atoms with van der Waals surface area (Å²) in [4.78, 5) is 36.4. The molecule has 0 amide bonds. The van der Waals surface area contributed by atoms with Crippen LogP contribution < -0.4 is 17.0 Å². The number of aryl methyl sites for hydroxylation is 1. The van der Waals surface area contributed by atoms with Crippen molar-refractivity contribution in [2.24, 2.45) is 12.8 Å². The lowest BCUT2D eigenvalue weighted by Crippen LogP contribution is -2.36. The molecule has 0 bridgehead atoms. The number of fused-ring (bicyclic) bond motifs is 1. The van der Waals surface area contributed by atoms with Gasteiger partial charge in [-0.15, -0.1) is 0 Å². The summed E-state index contributed by atoms with van der Waals surface area (Å²) < 4.78 is 7.16. The minimum atomic E-state index is -0.790. The lowest BCUT2D eigenvalue weighted by Gasteiger charge is -2.14. The van der Waals surface area contributed by atoms with Crippen molar-refractivity contribution in [1.29, 1.82) is 0 Å². The minimum absolute atomic E-state index is 0.287. The van der Waals surface area contributed by atoms with Crippen molar-refractivity contribution in [3.8, 4) is 5.69 Å². The van der Waals surface area contributed by atoms with Gasteiger partial charge in [-0.25, -0.2) is 9.36 Å². The minimum Gasteiger partial charge on any atom is -0.468 e. The second kappa shape index (κ2) is 6.97. The van der Waals surface area contributed by atoms with Crippen LogP contribution >= 0.6 is 0 Å². The summed E-state index contributed by atoms with van der Waals surface area (Å²) in [6.45, 7) is 0. The van der Waals surface area contributed by atoms with Gasteiger partial charge < -0.3 is 15.0 Å². The highest BCUT2D eigenvalue weighted by Crippen LogP contribution is 2.25. The first-order valence-electron chi connectivity index (χ1n) is 8.07. The molecule has 0 aliphatic heterocycles. The van der Waals surface area contributed by atoms with E-state index in [4.69, 9.17) is 5.73 Å². The highest BCUT2D eigenvalue weighted by atomic mass is 16.5. The zero-order valence-corrected chi connectivity index (χ0v) is 14.5. The van der Waals surface area contributed by atoms with Crippen LogP contribution in [0.2, 0.25) is 0 Å². The third kappa shape index (κ3) is 3.04. The number of methoxy groups -OCH3 is 1. The average Bonchev–Trinajstić information content (AvgIpc) is 2.65. The maximum absolute atomic E-state index is 12.5. The van der Waals surface area contributed by atoms with Crippen LogP contribution in [0.4, 0.5) is 0 Å². The number of carbonyl (C=O) groups excluding carboxylic acids is 1. The number of hydrogen-bond donors (Lipinski definition) is 1. The number of benzene rings is 2. The van der Waals surface area contributed by atoms with Crippen LogP contribution in [0.3, 0.4) is 0 Å². The molecule has 0 aliphatic carbocycles. The molecule has 7 nitrogen and oxygen atoms in total. The van der Waals surface area contributed by atoms with Crippen molar-refractivity contribution in [3.63, 3.8) is 0 Å². The van der Waals surface area contributed by atoms with E-state index in [0.717, 1.165) is 20.9 Å². The van der Waals surface area contributed by atoms with Gasteiger partial charge in [0, 0.05) is 24.7 Å². The Bertz CT molecular complexity index is 1100. The number of nitrogens with two attached hydrogens (primary N) is 1. The fourth-order valence-corrected chi connectivity index (χ4v) is 2.99. The molecule has 0 radical (unpaired) electrons. The number of aromatic nitrogens is 2. The fourth-order valence-electron chi connectivity index (χ4n) is 2.99. The van der Waals surface area contributed by atoms with Crippen molar-refractivity contribution in [2.45, 2.75) is 12.5 Å². The third-order valence-corrected chi connectivity index (χ3v) is 4.33. The van der Waals surface area contributed by atoms with Crippen LogP contribution in [-0.4, -0.2) is 28.3 Å². The van der Waals surface area contributed by atoms with Gasteiger partial charge in [0.2, 0.25) is 0 Å². The van der Waals surface area contributed by atoms with Crippen LogP contribution in [0.1, 0.15) is 5.56 Å².